The van der Waals surface area contributed by atoms with Crippen molar-refractivity contribution in [2.45, 2.75) is 12.8 Å². The maximum absolute atomic E-state index is 12.6. The van der Waals surface area contributed by atoms with Crippen molar-refractivity contribution < 1.29 is 8.78 Å². The minimum Gasteiger partial charge on any atom is -0.248 e. The fourth-order valence-electron chi connectivity index (χ4n) is 0.999. The van der Waals surface area contributed by atoms with E-state index in [0.29, 0.717) is 0 Å². The largest absolute Gasteiger partial charge is 0.265 e. The lowest BCUT2D eigenvalue weighted by atomic mass is 10.1. The van der Waals surface area contributed by atoms with Crippen LogP contribution in [-0.2, 0) is 6.42 Å². The monoisotopic (exact) mass is 324 g/mol. The maximum atomic E-state index is 12.6. The molecule has 0 unspecified atom stereocenters. The van der Waals surface area contributed by atoms with Gasteiger partial charge in [-0.25, -0.2) is 13.8 Å². The molecule has 14 heavy (non-hydrogen) atoms. The molecule has 0 amide bonds. The zero-order valence-electron chi connectivity index (χ0n) is 6.77. The van der Waals surface area contributed by atoms with Crippen molar-refractivity contribution in [3.05, 3.63) is 26.4 Å². The molecule has 0 N–H and O–H groups in total. The van der Waals surface area contributed by atoms with Crippen LogP contribution in [0, 0.1) is 11.3 Å². The molecule has 0 aliphatic heterocycles. The molecule has 0 bridgehead atoms. The lowest BCUT2D eigenvalue weighted by Crippen LogP contribution is -1.99. The van der Waals surface area contributed by atoms with Crippen molar-refractivity contribution in [3.63, 3.8) is 0 Å². The number of aromatic nitrogens is 1. The molecule has 6 heteroatoms. The molecule has 2 nitrogen and oxygen atoms in total. The van der Waals surface area contributed by atoms with Crippen molar-refractivity contribution in [3.8, 4) is 6.07 Å². The van der Waals surface area contributed by atoms with Gasteiger partial charge in [0, 0.05) is 21.8 Å². The summed E-state index contributed by atoms with van der Waals surface area (Å²) in [5.74, 6) is 0. The van der Waals surface area contributed by atoms with Gasteiger partial charge in [0.2, 0.25) is 0 Å². The van der Waals surface area contributed by atoms with Gasteiger partial charge in [0.15, 0.2) is 0 Å². The first-order valence-corrected chi connectivity index (χ1v) is 5.14. The molecule has 0 saturated carbocycles. The molecule has 1 aromatic heterocycles. The van der Waals surface area contributed by atoms with Crippen LogP contribution in [-0.4, -0.2) is 4.98 Å². The number of rotatable bonds is 2. The highest BCUT2D eigenvalue weighted by atomic mass is 79.9. The minimum absolute atomic E-state index is 0.0906. The number of alkyl halides is 2. The summed E-state index contributed by atoms with van der Waals surface area (Å²) < 4.78 is 25.7. The van der Waals surface area contributed by atoms with E-state index in [-0.39, 0.29) is 26.6 Å². The highest BCUT2D eigenvalue weighted by Crippen LogP contribution is 2.33. The normalized spacial score (nSPS) is 10.3. The van der Waals surface area contributed by atoms with E-state index in [2.05, 4.69) is 36.8 Å². The summed E-state index contributed by atoms with van der Waals surface area (Å²) in [5, 5.41) is 8.48. The Hall–Kier alpha value is -0.540. The zero-order chi connectivity index (χ0) is 10.7. The van der Waals surface area contributed by atoms with Crippen LogP contribution in [0.25, 0.3) is 0 Å². The third-order valence-corrected chi connectivity index (χ3v) is 2.91. The molecule has 0 radical (unpaired) electrons. The van der Waals surface area contributed by atoms with E-state index in [1.54, 1.807) is 0 Å². The Bertz CT molecular complexity index is 388. The Labute approximate surface area is 96.2 Å². The van der Waals surface area contributed by atoms with Crippen LogP contribution in [0.4, 0.5) is 8.78 Å². The van der Waals surface area contributed by atoms with Crippen molar-refractivity contribution >= 4 is 31.9 Å². The van der Waals surface area contributed by atoms with E-state index >= 15 is 0 Å². The van der Waals surface area contributed by atoms with E-state index < -0.39 is 6.43 Å². The summed E-state index contributed by atoms with van der Waals surface area (Å²) in [6.07, 6.45) is -1.42. The van der Waals surface area contributed by atoms with E-state index in [4.69, 9.17) is 5.26 Å². The molecule has 74 valence electrons. The number of nitrogens with zero attached hydrogens (tertiary/aromatic N) is 2. The lowest BCUT2D eigenvalue weighted by Gasteiger charge is -2.09. The minimum atomic E-state index is -2.62. The topological polar surface area (TPSA) is 36.7 Å². The number of hydrogen-bond acceptors (Lipinski definition) is 2. The number of hydrogen-bond donors (Lipinski definition) is 0. The molecule has 0 aliphatic carbocycles. The maximum Gasteiger partial charge on any atom is 0.265 e. The second-order valence-corrected chi connectivity index (χ2v) is 4.03. The van der Waals surface area contributed by atoms with E-state index in [1.807, 2.05) is 6.07 Å². The van der Waals surface area contributed by atoms with E-state index in [9.17, 15) is 8.78 Å². The molecule has 0 spiro atoms. The predicted molar refractivity (Wildman–Crippen MR) is 53.9 cm³/mol. The molecule has 0 saturated heterocycles. The molecular weight excluding hydrogens is 322 g/mol. The summed E-state index contributed by atoms with van der Waals surface area (Å²) in [7, 11) is 0. The molecule has 0 aliphatic rings. The van der Waals surface area contributed by atoms with Gasteiger partial charge in [-0.3, -0.25) is 0 Å². The third kappa shape index (κ3) is 2.28. The highest BCUT2D eigenvalue weighted by Gasteiger charge is 2.19. The standard InChI is InChI=1S/C8H4Br2F2N2/c9-5-3-14-7(10)4(1-2-13)6(5)8(11)12/h3,8H,1H2. The van der Waals surface area contributed by atoms with Gasteiger partial charge in [-0.1, -0.05) is 0 Å². The van der Waals surface area contributed by atoms with Crippen LogP contribution in [0.3, 0.4) is 0 Å². The van der Waals surface area contributed by atoms with Gasteiger partial charge in [0.1, 0.15) is 4.60 Å². The SMILES string of the molecule is N#CCc1c(Br)ncc(Br)c1C(F)F. The van der Waals surface area contributed by atoms with E-state index in [1.165, 1.54) is 6.20 Å². The zero-order valence-corrected chi connectivity index (χ0v) is 9.94. The molecular formula is C8H4Br2F2N2. The van der Waals surface area contributed by atoms with Crippen molar-refractivity contribution in [2.75, 3.05) is 0 Å². The average molecular weight is 326 g/mol. The van der Waals surface area contributed by atoms with Crippen LogP contribution in [0.5, 0.6) is 0 Å². The van der Waals surface area contributed by atoms with Gasteiger partial charge in [0.25, 0.3) is 6.43 Å². The second-order valence-electron chi connectivity index (χ2n) is 2.42. The molecule has 1 aromatic rings. The van der Waals surface area contributed by atoms with Crippen LogP contribution >= 0.6 is 31.9 Å². The Morgan fingerprint density at radius 2 is 2.14 bits per heavy atom. The quantitative estimate of drug-likeness (QED) is 0.779. The summed E-state index contributed by atoms with van der Waals surface area (Å²) in [6.45, 7) is 0. The fourth-order valence-corrected chi connectivity index (χ4v) is 1.97. The molecule has 1 heterocycles. The fraction of sp³-hybridized carbons (Fsp3) is 0.250. The average Bonchev–Trinajstić information content (AvgIpc) is 2.11. The summed E-state index contributed by atoms with van der Waals surface area (Å²) >= 11 is 6.01. The van der Waals surface area contributed by atoms with Crippen molar-refractivity contribution in [1.29, 1.82) is 5.26 Å². The summed E-state index contributed by atoms with van der Waals surface area (Å²) in [4.78, 5) is 3.83. The van der Waals surface area contributed by atoms with Gasteiger partial charge in [-0.2, -0.15) is 5.26 Å². The van der Waals surface area contributed by atoms with E-state index in [0.717, 1.165) is 0 Å². The van der Waals surface area contributed by atoms with Gasteiger partial charge in [-0.15, -0.1) is 0 Å². The number of nitriles is 1. The Morgan fingerprint density at radius 1 is 1.50 bits per heavy atom. The summed E-state index contributed by atoms with van der Waals surface area (Å²) in [5.41, 5.74) is 0.0605. The van der Waals surface area contributed by atoms with Crippen LogP contribution in [0.1, 0.15) is 17.6 Å². The molecule has 0 atom stereocenters. The van der Waals surface area contributed by atoms with Crippen LogP contribution < -0.4 is 0 Å². The van der Waals surface area contributed by atoms with Gasteiger partial charge in [0.05, 0.1) is 12.5 Å². The van der Waals surface area contributed by atoms with Gasteiger partial charge < -0.3 is 0 Å². The second kappa shape index (κ2) is 4.80. The van der Waals surface area contributed by atoms with Crippen molar-refractivity contribution in [2.24, 2.45) is 0 Å². The first-order valence-electron chi connectivity index (χ1n) is 3.55. The molecule has 0 aromatic carbocycles. The van der Waals surface area contributed by atoms with Crippen LogP contribution in [0.2, 0.25) is 0 Å². The Kier molecular flexibility index (Phi) is 3.96. The smallest absolute Gasteiger partial charge is 0.248 e. The lowest BCUT2D eigenvalue weighted by molar-refractivity contribution is 0.149. The molecule has 1 rings (SSSR count). The number of halogens is 4. The van der Waals surface area contributed by atoms with Gasteiger partial charge in [-0.05, 0) is 31.9 Å². The van der Waals surface area contributed by atoms with Crippen LogP contribution in [0.15, 0.2) is 15.3 Å². The Balaban J connectivity index is 3.35. The third-order valence-electron chi connectivity index (χ3n) is 1.60. The van der Waals surface area contributed by atoms with Gasteiger partial charge >= 0.3 is 0 Å². The Morgan fingerprint density at radius 3 is 2.64 bits per heavy atom. The first-order chi connectivity index (χ1) is 6.57. The summed E-state index contributed by atoms with van der Waals surface area (Å²) in [6, 6.07) is 1.82. The van der Waals surface area contributed by atoms with Crippen molar-refractivity contribution in [1.82, 2.24) is 4.98 Å². The predicted octanol–water partition coefficient (Wildman–Crippen LogP) is 3.61. The number of pyridine rings is 1. The molecule has 0 fully saturated rings. The first kappa shape index (κ1) is 11.5. The highest BCUT2D eigenvalue weighted by molar-refractivity contribution is 9.11.